The number of methoxy groups -OCH3 is 1. The van der Waals surface area contributed by atoms with Crippen LogP contribution in [0.5, 0.6) is 0 Å². The van der Waals surface area contributed by atoms with Gasteiger partial charge in [0.1, 0.15) is 5.82 Å². The van der Waals surface area contributed by atoms with Gasteiger partial charge in [0.2, 0.25) is 0 Å². The SMILES string of the molecule is CO[C@@]12CC[C@@H](O)C[C@@H]1N(Cc1nc3c(C)c(C)ccc3[nH]1)CC2. The number of nitrogens with zero attached hydrogens (tertiary/aromatic N) is 2. The van der Waals surface area contributed by atoms with Gasteiger partial charge in [-0.05, 0) is 56.7 Å². The van der Waals surface area contributed by atoms with E-state index < -0.39 is 0 Å². The van der Waals surface area contributed by atoms with Gasteiger partial charge in [0.15, 0.2) is 0 Å². The highest BCUT2D eigenvalue weighted by Gasteiger charge is 2.50. The molecule has 1 aliphatic carbocycles. The number of rotatable bonds is 3. The highest BCUT2D eigenvalue weighted by atomic mass is 16.5. The summed E-state index contributed by atoms with van der Waals surface area (Å²) in [4.78, 5) is 10.7. The van der Waals surface area contributed by atoms with Gasteiger partial charge < -0.3 is 14.8 Å². The molecule has 0 spiro atoms. The Kier molecular flexibility index (Phi) is 3.90. The minimum atomic E-state index is -0.209. The van der Waals surface area contributed by atoms with Crippen LogP contribution in [0.4, 0.5) is 0 Å². The van der Waals surface area contributed by atoms with Gasteiger partial charge in [-0.1, -0.05) is 6.07 Å². The molecule has 1 saturated heterocycles. The van der Waals surface area contributed by atoms with E-state index >= 15 is 0 Å². The van der Waals surface area contributed by atoms with Crippen molar-refractivity contribution < 1.29 is 9.84 Å². The number of aliphatic hydroxyl groups is 1. The van der Waals surface area contributed by atoms with Crippen LogP contribution < -0.4 is 0 Å². The van der Waals surface area contributed by atoms with Crippen LogP contribution in [0.1, 0.15) is 42.6 Å². The van der Waals surface area contributed by atoms with E-state index in [1.807, 2.05) is 7.11 Å². The number of fused-ring (bicyclic) bond motifs is 2. The van der Waals surface area contributed by atoms with Crippen LogP contribution in [0.15, 0.2) is 12.1 Å². The molecule has 1 aromatic heterocycles. The Hall–Kier alpha value is -1.43. The van der Waals surface area contributed by atoms with Gasteiger partial charge in [0.05, 0.1) is 29.3 Å². The van der Waals surface area contributed by atoms with Crippen molar-refractivity contribution in [2.75, 3.05) is 13.7 Å². The Bertz CT molecular complexity index is 756. The van der Waals surface area contributed by atoms with Crippen molar-refractivity contribution in [1.29, 1.82) is 0 Å². The number of ether oxygens (including phenoxy) is 1. The van der Waals surface area contributed by atoms with Crippen molar-refractivity contribution in [1.82, 2.24) is 14.9 Å². The average Bonchev–Trinajstić information content (AvgIpc) is 3.14. The predicted molar refractivity (Wildman–Crippen MR) is 94.0 cm³/mol. The molecule has 130 valence electrons. The first-order valence-electron chi connectivity index (χ1n) is 8.94. The lowest BCUT2D eigenvalue weighted by molar-refractivity contribution is -0.0881. The smallest absolute Gasteiger partial charge is 0.121 e. The molecule has 1 aliphatic heterocycles. The lowest BCUT2D eigenvalue weighted by atomic mass is 9.79. The average molecular weight is 329 g/mol. The maximum Gasteiger partial charge on any atom is 0.121 e. The molecule has 2 heterocycles. The molecule has 24 heavy (non-hydrogen) atoms. The van der Waals surface area contributed by atoms with Gasteiger partial charge in [-0.2, -0.15) is 0 Å². The maximum atomic E-state index is 10.1. The molecule has 2 aliphatic rings. The number of H-pyrrole nitrogens is 1. The molecule has 3 atom stereocenters. The highest BCUT2D eigenvalue weighted by molar-refractivity contribution is 5.79. The molecule has 1 aromatic carbocycles. The van der Waals surface area contributed by atoms with E-state index in [4.69, 9.17) is 9.72 Å². The van der Waals surface area contributed by atoms with E-state index in [9.17, 15) is 5.11 Å². The standard InChI is InChI=1S/C19H27N3O2/c1-12-4-5-15-18(13(12)2)21-17(20-15)11-22-9-8-19(24-3)7-6-14(23)10-16(19)22/h4-5,14,16,23H,6-11H2,1-3H3,(H,20,21)/t14-,16+,19-/m1/s1. The molecule has 0 bridgehead atoms. The van der Waals surface area contributed by atoms with Gasteiger partial charge in [-0.15, -0.1) is 0 Å². The number of aromatic amines is 1. The molecule has 0 radical (unpaired) electrons. The van der Waals surface area contributed by atoms with E-state index in [1.54, 1.807) is 0 Å². The molecule has 5 nitrogen and oxygen atoms in total. The van der Waals surface area contributed by atoms with Crippen LogP contribution in [0.2, 0.25) is 0 Å². The predicted octanol–water partition coefficient (Wildman–Crippen LogP) is 2.68. The van der Waals surface area contributed by atoms with E-state index in [1.165, 1.54) is 11.1 Å². The molecule has 2 fully saturated rings. The molecule has 1 saturated carbocycles. The summed E-state index contributed by atoms with van der Waals surface area (Å²) < 4.78 is 5.93. The van der Waals surface area contributed by atoms with Crippen LogP contribution in [0, 0.1) is 13.8 Å². The first-order chi connectivity index (χ1) is 11.5. The number of benzene rings is 1. The molecule has 4 rings (SSSR count). The van der Waals surface area contributed by atoms with Crippen molar-refractivity contribution in [2.45, 2.75) is 63.8 Å². The second kappa shape index (κ2) is 5.83. The fraction of sp³-hybridized carbons (Fsp3) is 0.632. The number of aromatic nitrogens is 2. The van der Waals surface area contributed by atoms with Gasteiger partial charge in [0.25, 0.3) is 0 Å². The van der Waals surface area contributed by atoms with E-state index in [2.05, 4.69) is 35.9 Å². The zero-order valence-electron chi connectivity index (χ0n) is 14.8. The number of aliphatic hydroxyl groups excluding tert-OH is 1. The third kappa shape index (κ3) is 2.46. The quantitative estimate of drug-likeness (QED) is 0.909. The molecular formula is C19H27N3O2. The lowest BCUT2D eigenvalue weighted by Gasteiger charge is -2.42. The Labute approximate surface area is 143 Å². The third-order valence-corrected chi connectivity index (χ3v) is 6.25. The zero-order chi connectivity index (χ0) is 16.9. The minimum absolute atomic E-state index is 0.0856. The second-order valence-electron chi connectivity index (χ2n) is 7.52. The summed E-state index contributed by atoms with van der Waals surface area (Å²) in [5.41, 5.74) is 4.61. The first kappa shape index (κ1) is 16.1. The Morgan fingerprint density at radius 2 is 2.21 bits per heavy atom. The number of hydrogen-bond acceptors (Lipinski definition) is 4. The maximum absolute atomic E-state index is 10.1. The van der Waals surface area contributed by atoms with Gasteiger partial charge in [0, 0.05) is 19.7 Å². The lowest BCUT2D eigenvalue weighted by Crippen LogP contribution is -2.51. The fourth-order valence-electron chi connectivity index (χ4n) is 4.59. The van der Waals surface area contributed by atoms with E-state index in [0.29, 0.717) is 0 Å². The minimum Gasteiger partial charge on any atom is -0.393 e. The Morgan fingerprint density at radius 1 is 1.38 bits per heavy atom. The van der Waals surface area contributed by atoms with E-state index in [0.717, 1.165) is 55.6 Å². The van der Waals surface area contributed by atoms with E-state index in [-0.39, 0.29) is 17.7 Å². The fourth-order valence-corrected chi connectivity index (χ4v) is 4.59. The van der Waals surface area contributed by atoms with Crippen LogP contribution in [0.3, 0.4) is 0 Å². The van der Waals surface area contributed by atoms with Crippen molar-refractivity contribution in [3.63, 3.8) is 0 Å². The number of aryl methyl sites for hydroxylation is 2. The number of nitrogens with one attached hydrogen (secondary N) is 1. The summed E-state index contributed by atoms with van der Waals surface area (Å²) in [5, 5.41) is 10.1. The van der Waals surface area contributed by atoms with Gasteiger partial charge >= 0.3 is 0 Å². The molecule has 0 amide bonds. The summed E-state index contributed by atoms with van der Waals surface area (Å²) >= 11 is 0. The third-order valence-electron chi connectivity index (χ3n) is 6.25. The summed E-state index contributed by atoms with van der Waals surface area (Å²) in [6, 6.07) is 4.53. The first-order valence-corrected chi connectivity index (χ1v) is 8.94. The van der Waals surface area contributed by atoms with Crippen LogP contribution in [-0.2, 0) is 11.3 Å². The number of hydrogen-bond donors (Lipinski definition) is 2. The summed E-state index contributed by atoms with van der Waals surface area (Å²) in [5.74, 6) is 1.01. The largest absolute Gasteiger partial charge is 0.393 e. The van der Waals surface area contributed by atoms with Gasteiger partial charge in [-0.25, -0.2) is 4.98 Å². The van der Waals surface area contributed by atoms with Crippen LogP contribution in [-0.4, -0.2) is 51.4 Å². The van der Waals surface area contributed by atoms with Crippen molar-refractivity contribution in [3.05, 3.63) is 29.1 Å². The normalized spacial score (nSPS) is 30.8. The number of imidazole rings is 1. The van der Waals surface area contributed by atoms with Crippen molar-refractivity contribution >= 4 is 11.0 Å². The van der Waals surface area contributed by atoms with Crippen LogP contribution in [0.25, 0.3) is 11.0 Å². The van der Waals surface area contributed by atoms with Crippen LogP contribution >= 0.6 is 0 Å². The zero-order valence-corrected chi connectivity index (χ0v) is 14.8. The number of likely N-dealkylation sites (tertiary alicyclic amines) is 1. The molecule has 2 aromatic rings. The Balaban J connectivity index is 1.60. The summed E-state index contributed by atoms with van der Waals surface area (Å²) in [7, 11) is 1.82. The summed E-state index contributed by atoms with van der Waals surface area (Å²) in [6.07, 6.45) is 3.43. The van der Waals surface area contributed by atoms with Crippen molar-refractivity contribution in [3.8, 4) is 0 Å². The molecule has 2 N–H and O–H groups in total. The molecular weight excluding hydrogens is 302 g/mol. The molecule has 0 unspecified atom stereocenters. The van der Waals surface area contributed by atoms with Crippen molar-refractivity contribution in [2.24, 2.45) is 0 Å². The monoisotopic (exact) mass is 329 g/mol. The molecule has 5 heteroatoms. The van der Waals surface area contributed by atoms with Gasteiger partial charge in [-0.3, -0.25) is 4.90 Å². The highest BCUT2D eigenvalue weighted by Crippen LogP contribution is 2.42. The topological polar surface area (TPSA) is 61.4 Å². The second-order valence-corrected chi connectivity index (χ2v) is 7.52. The Morgan fingerprint density at radius 3 is 3.00 bits per heavy atom. The summed E-state index contributed by atoms with van der Waals surface area (Å²) in [6.45, 7) is 6.04.